The molecule has 0 aromatic carbocycles. The summed E-state index contributed by atoms with van der Waals surface area (Å²) in [5, 5.41) is 11.1. The Balaban J connectivity index is 1.11. The maximum Gasteiger partial charge on any atom is 0.222 e. The highest BCUT2D eigenvalue weighted by atomic mass is 16.5. The van der Waals surface area contributed by atoms with E-state index in [1.165, 1.54) is 57.8 Å². The van der Waals surface area contributed by atoms with Gasteiger partial charge in [-0.3, -0.25) is 9.59 Å². The summed E-state index contributed by atoms with van der Waals surface area (Å²) in [5.74, 6) is 4.27. The third kappa shape index (κ3) is 5.55. The van der Waals surface area contributed by atoms with E-state index in [1.807, 2.05) is 4.90 Å². The van der Waals surface area contributed by atoms with Crippen LogP contribution in [0, 0.1) is 40.4 Å². The summed E-state index contributed by atoms with van der Waals surface area (Å²) in [7, 11) is 0. The standard InChI is InChI=1S/C32H53NO4/c1-31-16-15-25(34)21-24(31)11-12-26-27-13-14-28(35)32(27,2)22-23(30(26)31)9-7-5-3-4-6-8-10-29(36)33-17-19-37-20-18-33/h23-24,26-28,30,35H,3-22H2,1-2H3/t23?,24?,26-,27-,28?,30+,31-,32-/m0/s1. The number of nitrogens with zero attached hydrogens (tertiary/aromatic N) is 1. The van der Waals surface area contributed by atoms with Crippen LogP contribution in [0.2, 0.25) is 0 Å². The summed E-state index contributed by atoms with van der Waals surface area (Å²) < 4.78 is 5.35. The molecule has 5 fully saturated rings. The van der Waals surface area contributed by atoms with Gasteiger partial charge in [-0.25, -0.2) is 0 Å². The van der Waals surface area contributed by atoms with Crippen LogP contribution in [0.1, 0.15) is 117 Å². The Morgan fingerprint density at radius 1 is 0.973 bits per heavy atom. The quantitative estimate of drug-likeness (QED) is 0.373. The molecule has 1 saturated heterocycles. The predicted molar refractivity (Wildman–Crippen MR) is 146 cm³/mol. The summed E-state index contributed by atoms with van der Waals surface area (Å²) in [6, 6.07) is 0. The molecule has 0 aromatic rings. The van der Waals surface area contributed by atoms with Gasteiger partial charge in [0.1, 0.15) is 5.78 Å². The lowest BCUT2D eigenvalue weighted by Crippen LogP contribution is -2.57. The van der Waals surface area contributed by atoms with Crippen molar-refractivity contribution < 1.29 is 19.4 Å². The fraction of sp³-hybridized carbons (Fsp3) is 0.938. The Bertz CT molecular complexity index is 809. The van der Waals surface area contributed by atoms with Crippen molar-refractivity contribution in [2.75, 3.05) is 26.3 Å². The lowest BCUT2D eigenvalue weighted by atomic mass is 9.42. The van der Waals surface area contributed by atoms with E-state index in [1.54, 1.807) is 0 Å². The number of hydrogen-bond donors (Lipinski definition) is 1. The Morgan fingerprint density at radius 2 is 1.70 bits per heavy atom. The first kappa shape index (κ1) is 27.6. The van der Waals surface area contributed by atoms with Gasteiger partial charge in [-0.1, -0.05) is 52.4 Å². The van der Waals surface area contributed by atoms with Crippen LogP contribution in [0.15, 0.2) is 0 Å². The molecule has 8 atom stereocenters. The smallest absolute Gasteiger partial charge is 0.222 e. The van der Waals surface area contributed by atoms with E-state index in [4.69, 9.17) is 4.74 Å². The first-order valence-corrected chi connectivity index (χ1v) is 15.9. The fourth-order valence-electron chi connectivity index (χ4n) is 10.1. The monoisotopic (exact) mass is 515 g/mol. The van der Waals surface area contributed by atoms with Crippen molar-refractivity contribution in [3.8, 4) is 0 Å². The van der Waals surface area contributed by atoms with E-state index in [0.29, 0.717) is 54.5 Å². The predicted octanol–water partition coefficient (Wildman–Crippen LogP) is 6.16. The molecule has 5 aliphatic rings. The molecule has 37 heavy (non-hydrogen) atoms. The van der Waals surface area contributed by atoms with Crippen LogP contribution in [0.5, 0.6) is 0 Å². The molecule has 210 valence electrons. The molecule has 4 aliphatic carbocycles. The van der Waals surface area contributed by atoms with Gasteiger partial charge in [0.25, 0.3) is 0 Å². The van der Waals surface area contributed by atoms with Crippen molar-refractivity contribution in [1.82, 2.24) is 4.90 Å². The molecule has 4 saturated carbocycles. The number of amides is 1. The van der Waals surface area contributed by atoms with Crippen LogP contribution in [0.4, 0.5) is 0 Å². The molecule has 1 heterocycles. The molecule has 0 aromatic heterocycles. The van der Waals surface area contributed by atoms with E-state index >= 15 is 0 Å². The van der Waals surface area contributed by atoms with Crippen molar-refractivity contribution in [3.63, 3.8) is 0 Å². The first-order chi connectivity index (χ1) is 17.8. The summed E-state index contributed by atoms with van der Waals surface area (Å²) in [6.07, 6.45) is 17.7. The molecule has 5 rings (SSSR count). The molecule has 0 radical (unpaired) electrons. The zero-order chi connectivity index (χ0) is 26.0. The highest BCUT2D eigenvalue weighted by Crippen LogP contribution is 2.68. The van der Waals surface area contributed by atoms with Crippen LogP contribution in [0.25, 0.3) is 0 Å². The number of unbranched alkanes of at least 4 members (excludes halogenated alkanes) is 5. The van der Waals surface area contributed by atoms with E-state index in [2.05, 4.69) is 13.8 Å². The van der Waals surface area contributed by atoms with Crippen LogP contribution >= 0.6 is 0 Å². The number of aliphatic hydroxyl groups is 1. The van der Waals surface area contributed by atoms with Crippen molar-refractivity contribution in [2.45, 2.75) is 123 Å². The van der Waals surface area contributed by atoms with E-state index in [9.17, 15) is 14.7 Å². The zero-order valence-corrected chi connectivity index (χ0v) is 23.7. The Hall–Kier alpha value is -0.940. The van der Waals surface area contributed by atoms with Crippen molar-refractivity contribution in [2.24, 2.45) is 40.4 Å². The topological polar surface area (TPSA) is 66.8 Å². The van der Waals surface area contributed by atoms with E-state index < -0.39 is 0 Å². The zero-order valence-electron chi connectivity index (χ0n) is 23.7. The number of rotatable bonds is 9. The number of ether oxygens (including phenoxy) is 1. The van der Waals surface area contributed by atoms with Crippen molar-refractivity contribution >= 4 is 11.7 Å². The average Bonchev–Trinajstić information content (AvgIpc) is 3.20. The number of aliphatic hydroxyl groups excluding tert-OH is 1. The maximum atomic E-state index is 12.4. The van der Waals surface area contributed by atoms with Gasteiger partial charge in [0.15, 0.2) is 0 Å². The average molecular weight is 516 g/mol. The minimum atomic E-state index is -0.125. The second kappa shape index (κ2) is 11.7. The van der Waals surface area contributed by atoms with Crippen LogP contribution in [0.3, 0.4) is 0 Å². The molecule has 3 unspecified atom stereocenters. The van der Waals surface area contributed by atoms with Crippen LogP contribution < -0.4 is 0 Å². The second-order valence-electron chi connectivity index (χ2n) is 14.0. The normalized spacial score (nSPS) is 41.7. The van der Waals surface area contributed by atoms with Gasteiger partial charge in [0.05, 0.1) is 19.3 Å². The van der Waals surface area contributed by atoms with Crippen molar-refractivity contribution in [3.05, 3.63) is 0 Å². The molecule has 0 bridgehead atoms. The van der Waals surface area contributed by atoms with Gasteiger partial charge in [-0.15, -0.1) is 0 Å². The van der Waals surface area contributed by atoms with Gasteiger partial charge < -0.3 is 14.7 Å². The third-order valence-electron chi connectivity index (χ3n) is 12.1. The number of Topliss-reactive ketones (excluding diaryl/α,β-unsaturated/α-hetero) is 1. The lowest BCUT2D eigenvalue weighted by Gasteiger charge is -2.62. The number of morpholine rings is 1. The second-order valence-corrected chi connectivity index (χ2v) is 14.0. The number of hydrogen-bond acceptors (Lipinski definition) is 4. The molecule has 1 amide bonds. The molecule has 0 spiro atoms. The molecular weight excluding hydrogens is 462 g/mol. The van der Waals surface area contributed by atoms with Gasteiger partial charge in [-0.05, 0) is 85.4 Å². The van der Waals surface area contributed by atoms with Crippen LogP contribution in [-0.2, 0) is 14.3 Å². The van der Waals surface area contributed by atoms with Crippen molar-refractivity contribution in [1.29, 1.82) is 0 Å². The lowest BCUT2D eigenvalue weighted by molar-refractivity contribution is -0.159. The Kier molecular flexibility index (Phi) is 8.70. The fourth-order valence-corrected chi connectivity index (χ4v) is 10.1. The highest BCUT2D eigenvalue weighted by molar-refractivity contribution is 5.79. The summed E-state index contributed by atoms with van der Waals surface area (Å²) in [4.78, 5) is 26.6. The number of ketones is 1. The summed E-state index contributed by atoms with van der Waals surface area (Å²) >= 11 is 0. The van der Waals surface area contributed by atoms with Gasteiger partial charge in [0, 0.05) is 32.4 Å². The third-order valence-corrected chi connectivity index (χ3v) is 12.1. The summed E-state index contributed by atoms with van der Waals surface area (Å²) in [6.45, 7) is 7.86. The van der Waals surface area contributed by atoms with Crippen LogP contribution in [-0.4, -0.2) is 54.1 Å². The molecule has 1 N–H and O–H groups in total. The first-order valence-electron chi connectivity index (χ1n) is 15.9. The van der Waals surface area contributed by atoms with Gasteiger partial charge in [-0.2, -0.15) is 0 Å². The number of carbonyl (C=O) groups is 2. The molecule has 5 heteroatoms. The number of fused-ring (bicyclic) bond motifs is 5. The highest BCUT2D eigenvalue weighted by Gasteiger charge is 2.62. The minimum Gasteiger partial charge on any atom is -0.393 e. The minimum absolute atomic E-state index is 0.104. The van der Waals surface area contributed by atoms with E-state index in [0.717, 1.165) is 63.5 Å². The largest absolute Gasteiger partial charge is 0.393 e. The van der Waals surface area contributed by atoms with E-state index in [-0.39, 0.29) is 11.5 Å². The molecular formula is C32H53NO4. The summed E-state index contributed by atoms with van der Waals surface area (Å²) in [5.41, 5.74) is 0.427. The molecule has 1 aliphatic heterocycles. The maximum absolute atomic E-state index is 12.4. The Morgan fingerprint density at radius 3 is 2.49 bits per heavy atom. The number of carbonyl (C=O) groups excluding carboxylic acids is 2. The van der Waals surface area contributed by atoms with Gasteiger partial charge in [0.2, 0.25) is 5.91 Å². The molecule has 5 nitrogen and oxygen atoms in total. The SMILES string of the molecule is C[C@]12CCC(=O)CC1CC[C@@H]1[C@H]2C(CCCCCCCCC(=O)N2CCOCC2)C[C@]2(C)C(O)CC[C@@H]12. The van der Waals surface area contributed by atoms with Gasteiger partial charge >= 0.3 is 0 Å². The Labute approximate surface area is 225 Å².